The van der Waals surface area contributed by atoms with Gasteiger partial charge in [-0.25, -0.2) is 0 Å². The highest BCUT2D eigenvalue weighted by Crippen LogP contribution is 2.32. The predicted octanol–water partition coefficient (Wildman–Crippen LogP) is 3.92. The van der Waals surface area contributed by atoms with Crippen LogP contribution in [0.25, 0.3) is 0 Å². The first-order chi connectivity index (χ1) is 10.9. The molecule has 1 N–H and O–H groups in total. The van der Waals surface area contributed by atoms with Gasteiger partial charge in [0.25, 0.3) is 0 Å². The zero-order chi connectivity index (χ0) is 17.0. The van der Waals surface area contributed by atoms with E-state index in [9.17, 15) is 13.6 Å². The second-order valence-corrected chi connectivity index (χ2v) is 6.16. The first-order valence-corrected chi connectivity index (χ1v) is 8.33. The normalized spacial score (nSPS) is 18.3. The summed E-state index contributed by atoms with van der Waals surface area (Å²) >= 11 is 1.54. The summed E-state index contributed by atoms with van der Waals surface area (Å²) in [5.41, 5.74) is 1.78. The van der Waals surface area contributed by atoms with Crippen molar-refractivity contribution in [3.63, 3.8) is 0 Å². The van der Waals surface area contributed by atoms with E-state index in [-0.39, 0.29) is 17.7 Å². The van der Waals surface area contributed by atoms with Crippen molar-refractivity contribution in [2.75, 3.05) is 17.6 Å². The molecular formula is C16H20F2N2O2S. The number of hydrogen-bond donors (Lipinski definition) is 1. The number of allylic oxidation sites excluding steroid dienone is 2. The lowest BCUT2D eigenvalue weighted by molar-refractivity contribution is -0.113. The summed E-state index contributed by atoms with van der Waals surface area (Å²) in [5.74, 6) is 0.943. The summed E-state index contributed by atoms with van der Waals surface area (Å²) in [5, 5.41) is 3.37. The number of benzene rings is 1. The van der Waals surface area contributed by atoms with Crippen molar-refractivity contribution in [2.24, 2.45) is 0 Å². The summed E-state index contributed by atoms with van der Waals surface area (Å²) in [6.07, 6.45) is 0.0370. The number of rotatable bonds is 6. The second-order valence-electron chi connectivity index (χ2n) is 5.13. The number of anilines is 1. The summed E-state index contributed by atoms with van der Waals surface area (Å²) < 4.78 is 28.7. The van der Waals surface area contributed by atoms with Crippen LogP contribution in [0.15, 0.2) is 34.9 Å². The Morgan fingerprint density at radius 3 is 2.61 bits per heavy atom. The molecule has 0 aliphatic carbocycles. The molecule has 1 aromatic carbocycles. The van der Waals surface area contributed by atoms with Crippen LogP contribution in [-0.2, 0) is 4.79 Å². The number of ether oxygens (including phenoxy) is 1. The fourth-order valence-electron chi connectivity index (χ4n) is 2.58. The fraction of sp³-hybridized carbons (Fsp3) is 0.438. The molecule has 0 saturated heterocycles. The number of carbonyl (C=O) groups excluding carboxylic acids is 1. The molecule has 0 aromatic heterocycles. The van der Waals surface area contributed by atoms with Gasteiger partial charge in [-0.05, 0) is 45.0 Å². The number of alkyl halides is 2. The van der Waals surface area contributed by atoms with Crippen molar-refractivity contribution < 1.29 is 18.3 Å². The third-order valence-electron chi connectivity index (χ3n) is 3.59. The van der Waals surface area contributed by atoms with Gasteiger partial charge < -0.3 is 15.0 Å². The van der Waals surface area contributed by atoms with Crippen LogP contribution < -0.4 is 10.1 Å². The highest BCUT2D eigenvalue weighted by molar-refractivity contribution is 8.04. The van der Waals surface area contributed by atoms with Gasteiger partial charge in [0.1, 0.15) is 11.9 Å². The van der Waals surface area contributed by atoms with E-state index in [1.807, 2.05) is 13.8 Å². The maximum atomic E-state index is 12.2. The van der Waals surface area contributed by atoms with Gasteiger partial charge in [0.2, 0.25) is 0 Å². The standard InChI is InChI=1S/C16H20F2N2O2S/c1-4-20-10(2)15(11(3)21)23-9-14(20)19-12-5-7-13(8-6-12)22-16(17)18/h5-8,14,16,19H,4,9H2,1-3H3. The maximum Gasteiger partial charge on any atom is 0.387 e. The molecule has 1 atom stereocenters. The lowest BCUT2D eigenvalue weighted by Gasteiger charge is -2.38. The van der Waals surface area contributed by atoms with Crippen LogP contribution in [0.2, 0.25) is 0 Å². The molecule has 0 spiro atoms. The van der Waals surface area contributed by atoms with Gasteiger partial charge in [-0.15, -0.1) is 11.8 Å². The van der Waals surface area contributed by atoms with E-state index >= 15 is 0 Å². The molecule has 1 aliphatic rings. The molecule has 1 unspecified atom stereocenters. The SMILES string of the molecule is CCN1C(C)=C(C(C)=O)SCC1Nc1ccc(OC(F)F)cc1. The zero-order valence-corrected chi connectivity index (χ0v) is 14.1. The lowest BCUT2D eigenvalue weighted by Crippen LogP contribution is -2.44. The van der Waals surface area contributed by atoms with Gasteiger partial charge in [0.15, 0.2) is 5.78 Å². The minimum Gasteiger partial charge on any atom is -0.435 e. The molecule has 0 amide bonds. The topological polar surface area (TPSA) is 41.6 Å². The van der Waals surface area contributed by atoms with Crippen molar-refractivity contribution in [1.29, 1.82) is 0 Å². The zero-order valence-electron chi connectivity index (χ0n) is 13.3. The van der Waals surface area contributed by atoms with Gasteiger partial charge in [-0.2, -0.15) is 8.78 Å². The van der Waals surface area contributed by atoms with Gasteiger partial charge in [0, 0.05) is 23.7 Å². The minimum absolute atomic E-state index is 0.0370. The van der Waals surface area contributed by atoms with E-state index in [1.54, 1.807) is 19.1 Å². The van der Waals surface area contributed by atoms with Crippen molar-refractivity contribution >= 4 is 23.2 Å². The maximum absolute atomic E-state index is 12.2. The highest BCUT2D eigenvalue weighted by atomic mass is 32.2. The largest absolute Gasteiger partial charge is 0.435 e. The van der Waals surface area contributed by atoms with Crippen LogP contribution in [-0.4, -0.2) is 35.8 Å². The first kappa shape index (κ1) is 17.6. The Hall–Kier alpha value is -1.76. The molecule has 1 aromatic rings. The average Bonchev–Trinajstić information content (AvgIpc) is 2.48. The Morgan fingerprint density at radius 1 is 1.43 bits per heavy atom. The van der Waals surface area contributed by atoms with E-state index in [1.165, 1.54) is 23.9 Å². The van der Waals surface area contributed by atoms with Crippen molar-refractivity contribution in [3.05, 3.63) is 34.9 Å². The van der Waals surface area contributed by atoms with E-state index in [0.29, 0.717) is 0 Å². The van der Waals surface area contributed by atoms with Crippen LogP contribution in [0.1, 0.15) is 20.8 Å². The average molecular weight is 342 g/mol. The number of halogens is 2. The molecule has 1 heterocycles. The summed E-state index contributed by atoms with van der Waals surface area (Å²) in [6.45, 7) is 3.51. The smallest absolute Gasteiger partial charge is 0.387 e. The molecule has 0 bridgehead atoms. The highest BCUT2D eigenvalue weighted by Gasteiger charge is 2.27. The van der Waals surface area contributed by atoms with Gasteiger partial charge >= 0.3 is 6.61 Å². The molecule has 2 rings (SSSR count). The van der Waals surface area contributed by atoms with Crippen LogP contribution in [0, 0.1) is 0 Å². The Balaban J connectivity index is 2.09. The third-order valence-corrected chi connectivity index (χ3v) is 4.95. The monoisotopic (exact) mass is 342 g/mol. The number of Topliss-reactive ketones (excluding diaryl/α,β-unsaturated/α-hetero) is 1. The Morgan fingerprint density at radius 2 is 2.09 bits per heavy atom. The third kappa shape index (κ3) is 4.37. The number of thioether (sulfide) groups is 1. The number of hydrogen-bond acceptors (Lipinski definition) is 5. The summed E-state index contributed by atoms with van der Waals surface area (Å²) in [6, 6.07) is 6.42. The van der Waals surface area contributed by atoms with Crippen molar-refractivity contribution in [2.45, 2.75) is 33.5 Å². The quantitative estimate of drug-likeness (QED) is 0.849. The molecule has 23 heavy (non-hydrogen) atoms. The van der Waals surface area contributed by atoms with Crippen molar-refractivity contribution in [1.82, 2.24) is 4.90 Å². The first-order valence-electron chi connectivity index (χ1n) is 7.35. The molecule has 0 fully saturated rings. The molecule has 0 radical (unpaired) electrons. The molecule has 7 heteroatoms. The van der Waals surface area contributed by atoms with E-state index in [2.05, 4.69) is 15.0 Å². The number of nitrogens with one attached hydrogen (secondary N) is 1. The van der Waals surface area contributed by atoms with Gasteiger partial charge in [-0.1, -0.05) is 0 Å². The predicted molar refractivity (Wildman–Crippen MR) is 88.7 cm³/mol. The Kier molecular flexibility index (Phi) is 5.87. The lowest BCUT2D eigenvalue weighted by atomic mass is 10.2. The Bertz CT molecular complexity index is 590. The van der Waals surface area contributed by atoms with E-state index in [0.717, 1.165) is 28.6 Å². The number of carbonyl (C=O) groups is 1. The van der Waals surface area contributed by atoms with Crippen molar-refractivity contribution in [3.8, 4) is 5.75 Å². The van der Waals surface area contributed by atoms with Crippen LogP contribution >= 0.6 is 11.8 Å². The summed E-state index contributed by atoms with van der Waals surface area (Å²) in [4.78, 5) is 14.6. The second kappa shape index (κ2) is 7.68. The number of ketones is 1. The number of nitrogens with zero attached hydrogens (tertiary/aromatic N) is 1. The summed E-state index contributed by atoms with van der Waals surface area (Å²) in [7, 11) is 0. The molecule has 126 valence electrons. The van der Waals surface area contributed by atoms with Gasteiger partial charge in [0.05, 0.1) is 4.91 Å². The van der Waals surface area contributed by atoms with Crippen LogP contribution in [0.5, 0.6) is 5.75 Å². The Labute approximate surface area is 138 Å². The van der Waals surface area contributed by atoms with E-state index < -0.39 is 6.61 Å². The van der Waals surface area contributed by atoms with Crippen LogP contribution in [0.3, 0.4) is 0 Å². The van der Waals surface area contributed by atoms with E-state index in [4.69, 9.17) is 0 Å². The molecule has 0 saturated carbocycles. The van der Waals surface area contributed by atoms with Crippen LogP contribution in [0.4, 0.5) is 14.5 Å². The molecule has 1 aliphatic heterocycles. The minimum atomic E-state index is -2.82. The van der Waals surface area contributed by atoms with Gasteiger partial charge in [-0.3, -0.25) is 4.79 Å². The molecular weight excluding hydrogens is 322 g/mol. The molecule has 4 nitrogen and oxygen atoms in total. The fourth-order valence-corrected chi connectivity index (χ4v) is 3.70.